The number of nitrogens with one attached hydrogen (secondary N) is 1. The summed E-state index contributed by atoms with van der Waals surface area (Å²) in [6.07, 6.45) is -4.26. The minimum atomic E-state index is -1.33. The highest BCUT2D eigenvalue weighted by molar-refractivity contribution is 7.71. The zero-order chi connectivity index (χ0) is 17.3. The molecule has 1 aromatic heterocycles. The second-order valence-electron chi connectivity index (χ2n) is 5.69. The molecule has 0 amide bonds. The van der Waals surface area contributed by atoms with E-state index < -0.39 is 36.8 Å². The van der Waals surface area contributed by atoms with Crippen molar-refractivity contribution in [2.24, 2.45) is 0 Å². The molecule has 1 aliphatic heterocycles. The van der Waals surface area contributed by atoms with Crippen LogP contribution >= 0.6 is 12.2 Å². The van der Waals surface area contributed by atoms with Gasteiger partial charge in [0, 0.05) is 12.1 Å². The Morgan fingerprint density at radius 2 is 1.92 bits per heavy atom. The summed E-state index contributed by atoms with van der Waals surface area (Å²) < 4.78 is 6.99. The van der Waals surface area contributed by atoms with Gasteiger partial charge in [-0.15, -0.1) is 0 Å². The molecule has 2 aromatic rings. The minimum absolute atomic E-state index is 0.272. The molecule has 128 valence electrons. The fourth-order valence-electron chi connectivity index (χ4n) is 2.87. The lowest BCUT2D eigenvalue weighted by Crippen LogP contribution is -2.37. The molecule has 0 bridgehead atoms. The SMILES string of the molecule is O=c1[nH]c(=S)cc(Cc2ccccc2)n1[C@H]1O[C@@H](CO)C(O)C1O. The molecule has 2 heterocycles. The molecule has 8 heteroatoms. The largest absolute Gasteiger partial charge is 0.394 e. The van der Waals surface area contributed by atoms with Crippen LogP contribution < -0.4 is 5.69 Å². The number of aliphatic hydroxyl groups is 3. The van der Waals surface area contributed by atoms with Gasteiger partial charge in [-0.3, -0.25) is 9.55 Å². The van der Waals surface area contributed by atoms with Gasteiger partial charge in [0.05, 0.1) is 6.61 Å². The maximum Gasteiger partial charge on any atom is 0.328 e. The van der Waals surface area contributed by atoms with Crippen LogP contribution in [0.2, 0.25) is 0 Å². The second kappa shape index (κ2) is 6.96. The van der Waals surface area contributed by atoms with Crippen LogP contribution in [-0.2, 0) is 11.2 Å². The quantitative estimate of drug-likeness (QED) is 0.583. The van der Waals surface area contributed by atoms with Crippen molar-refractivity contribution in [3.63, 3.8) is 0 Å². The lowest BCUT2D eigenvalue weighted by atomic mass is 10.1. The standard InChI is InChI=1S/C16H18N2O5S/c19-8-11-13(20)14(21)15(23-11)18-10(7-12(24)17-16(18)22)6-9-4-2-1-3-5-9/h1-5,7,11,13-15,19-21H,6,8H2,(H,17,22,24)/t11-,13?,14?,15-/m0/s1. The van der Waals surface area contributed by atoms with Gasteiger partial charge in [0.2, 0.25) is 0 Å². The zero-order valence-electron chi connectivity index (χ0n) is 12.7. The van der Waals surface area contributed by atoms with Crippen molar-refractivity contribution < 1.29 is 20.1 Å². The van der Waals surface area contributed by atoms with Crippen LogP contribution in [0.5, 0.6) is 0 Å². The molecule has 2 unspecified atom stereocenters. The highest BCUT2D eigenvalue weighted by Gasteiger charge is 2.44. The molecule has 0 radical (unpaired) electrons. The van der Waals surface area contributed by atoms with Gasteiger partial charge in [-0.25, -0.2) is 4.79 Å². The Morgan fingerprint density at radius 3 is 2.54 bits per heavy atom. The Labute approximate surface area is 142 Å². The molecule has 7 nitrogen and oxygen atoms in total. The van der Waals surface area contributed by atoms with Crippen molar-refractivity contribution in [3.8, 4) is 0 Å². The van der Waals surface area contributed by atoms with E-state index in [1.54, 1.807) is 6.07 Å². The summed E-state index contributed by atoms with van der Waals surface area (Å²) in [5, 5.41) is 29.4. The molecule has 1 aliphatic rings. The number of hydrogen-bond donors (Lipinski definition) is 4. The predicted octanol–water partition coefficient (Wildman–Crippen LogP) is 0.108. The Morgan fingerprint density at radius 1 is 1.21 bits per heavy atom. The first-order valence-corrected chi connectivity index (χ1v) is 7.93. The molecule has 0 spiro atoms. The topological polar surface area (TPSA) is 108 Å². The third-order valence-electron chi connectivity index (χ3n) is 4.06. The highest BCUT2D eigenvalue weighted by Crippen LogP contribution is 2.29. The summed E-state index contributed by atoms with van der Waals surface area (Å²) in [4.78, 5) is 14.9. The predicted molar refractivity (Wildman–Crippen MR) is 88.1 cm³/mol. The summed E-state index contributed by atoms with van der Waals surface area (Å²) in [5.41, 5.74) is 0.964. The van der Waals surface area contributed by atoms with Crippen molar-refractivity contribution in [1.29, 1.82) is 0 Å². The molecule has 3 rings (SSSR count). The van der Waals surface area contributed by atoms with E-state index in [0.29, 0.717) is 12.1 Å². The third kappa shape index (κ3) is 3.19. The number of nitrogens with zero attached hydrogens (tertiary/aromatic N) is 1. The highest BCUT2D eigenvalue weighted by atomic mass is 32.1. The average molecular weight is 350 g/mol. The van der Waals surface area contributed by atoms with Crippen LogP contribution in [0, 0.1) is 4.64 Å². The average Bonchev–Trinajstić information content (AvgIpc) is 2.83. The van der Waals surface area contributed by atoms with Crippen LogP contribution in [0.4, 0.5) is 0 Å². The Bertz CT molecular complexity index is 819. The number of benzene rings is 1. The normalized spacial score (nSPS) is 26.6. The lowest BCUT2D eigenvalue weighted by molar-refractivity contribution is -0.0561. The molecule has 0 aliphatic carbocycles. The Hall–Kier alpha value is -1.84. The molecular weight excluding hydrogens is 332 g/mol. The lowest BCUT2D eigenvalue weighted by Gasteiger charge is -2.21. The van der Waals surface area contributed by atoms with E-state index in [1.807, 2.05) is 30.3 Å². The van der Waals surface area contributed by atoms with E-state index in [2.05, 4.69) is 4.98 Å². The molecular formula is C16H18N2O5S. The van der Waals surface area contributed by atoms with Crippen molar-refractivity contribution >= 4 is 12.2 Å². The van der Waals surface area contributed by atoms with Gasteiger partial charge >= 0.3 is 5.69 Å². The van der Waals surface area contributed by atoms with Crippen molar-refractivity contribution in [3.05, 3.63) is 62.8 Å². The van der Waals surface area contributed by atoms with Gasteiger partial charge in [0.15, 0.2) is 6.23 Å². The molecule has 4 atom stereocenters. The number of rotatable bonds is 4. The number of aromatic amines is 1. The van der Waals surface area contributed by atoms with Gasteiger partial charge < -0.3 is 20.1 Å². The minimum Gasteiger partial charge on any atom is -0.394 e. The van der Waals surface area contributed by atoms with Crippen LogP contribution in [0.25, 0.3) is 0 Å². The van der Waals surface area contributed by atoms with E-state index in [-0.39, 0.29) is 4.64 Å². The first-order chi connectivity index (χ1) is 11.5. The summed E-state index contributed by atoms with van der Waals surface area (Å²) in [7, 11) is 0. The fourth-order valence-corrected chi connectivity index (χ4v) is 3.09. The molecule has 4 N–H and O–H groups in total. The van der Waals surface area contributed by atoms with Crippen LogP contribution in [0.1, 0.15) is 17.5 Å². The first kappa shape index (κ1) is 17.0. The summed E-state index contributed by atoms with van der Waals surface area (Å²) in [5.74, 6) is 0. The smallest absolute Gasteiger partial charge is 0.328 e. The summed E-state index contributed by atoms with van der Waals surface area (Å²) >= 11 is 5.07. The number of hydrogen-bond acceptors (Lipinski definition) is 6. The van der Waals surface area contributed by atoms with E-state index in [4.69, 9.17) is 17.0 Å². The van der Waals surface area contributed by atoms with E-state index in [1.165, 1.54) is 4.57 Å². The molecule has 1 fully saturated rings. The molecule has 1 saturated heterocycles. The van der Waals surface area contributed by atoms with Crippen molar-refractivity contribution in [2.45, 2.75) is 31.0 Å². The van der Waals surface area contributed by atoms with Gasteiger partial charge in [-0.2, -0.15) is 0 Å². The fraction of sp³-hybridized carbons (Fsp3) is 0.375. The van der Waals surface area contributed by atoms with E-state index >= 15 is 0 Å². The Balaban J connectivity index is 2.04. The van der Waals surface area contributed by atoms with Crippen molar-refractivity contribution in [2.75, 3.05) is 6.61 Å². The third-order valence-corrected chi connectivity index (χ3v) is 4.28. The van der Waals surface area contributed by atoms with Gasteiger partial charge in [0.25, 0.3) is 0 Å². The van der Waals surface area contributed by atoms with E-state index in [9.17, 15) is 20.1 Å². The maximum absolute atomic E-state index is 12.4. The van der Waals surface area contributed by atoms with Gasteiger partial charge in [-0.05, 0) is 11.6 Å². The summed E-state index contributed by atoms with van der Waals surface area (Å²) in [6.45, 7) is -0.458. The van der Waals surface area contributed by atoms with E-state index in [0.717, 1.165) is 5.56 Å². The number of ether oxygens (including phenoxy) is 1. The summed E-state index contributed by atoms with van der Waals surface area (Å²) in [6, 6.07) is 11.1. The number of aromatic nitrogens is 2. The molecule has 0 saturated carbocycles. The monoisotopic (exact) mass is 350 g/mol. The van der Waals surface area contributed by atoms with Gasteiger partial charge in [0.1, 0.15) is 23.0 Å². The molecule has 1 aromatic carbocycles. The number of aliphatic hydroxyl groups excluding tert-OH is 3. The van der Waals surface area contributed by atoms with Crippen LogP contribution in [-0.4, -0.2) is 49.8 Å². The Kier molecular flexibility index (Phi) is 4.93. The second-order valence-corrected chi connectivity index (χ2v) is 6.13. The maximum atomic E-state index is 12.4. The van der Waals surface area contributed by atoms with Crippen LogP contribution in [0.15, 0.2) is 41.2 Å². The van der Waals surface area contributed by atoms with Gasteiger partial charge in [-0.1, -0.05) is 42.5 Å². The number of H-pyrrole nitrogens is 1. The van der Waals surface area contributed by atoms with Crippen LogP contribution in [0.3, 0.4) is 0 Å². The van der Waals surface area contributed by atoms with Crippen molar-refractivity contribution in [1.82, 2.24) is 9.55 Å². The molecule has 24 heavy (non-hydrogen) atoms. The zero-order valence-corrected chi connectivity index (χ0v) is 13.5. The first-order valence-electron chi connectivity index (χ1n) is 7.52.